The third kappa shape index (κ3) is 2.50. The number of carbonyl (C=O) groups is 1. The van der Waals surface area contributed by atoms with Crippen molar-refractivity contribution in [3.05, 3.63) is 50.8 Å². The Morgan fingerprint density at radius 2 is 1.65 bits per heavy atom. The highest BCUT2D eigenvalue weighted by molar-refractivity contribution is 6.14. The Kier molecular flexibility index (Phi) is 4.34. The van der Waals surface area contributed by atoms with E-state index in [1.54, 1.807) is 18.8 Å². The number of fused-ring (bicyclic) bond motifs is 1. The molecule has 0 N–H and O–H groups in total. The van der Waals surface area contributed by atoms with Crippen LogP contribution < -0.4 is 4.74 Å². The van der Waals surface area contributed by atoms with Crippen LogP contribution in [0.3, 0.4) is 0 Å². The number of rotatable bonds is 3. The molecular formula is C21H25N3O2. The smallest absolute Gasteiger partial charge is 0.223 e. The normalized spacial score (nSPS) is 11.2. The second kappa shape index (κ2) is 6.24. The molecule has 3 aromatic rings. The third-order valence-corrected chi connectivity index (χ3v) is 5.35. The standard InChI is InChI=1S/C21H25N3O2/c1-10-9-16(20(25)18-15(6)23-24(7)21(18)26-8)13(4)19-17(10)12(3)11(2)14(5)22-19/h9H,1-8H3. The number of hydrogen-bond donors (Lipinski definition) is 0. The lowest BCUT2D eigenvalue weighted by Gasteiger charge is -2.16. The monoisotopic (exact) mass is 351 g/mol. The van der Waals surface area contributed by atoms with Crippen LogP contribution in [0.15, 0.2) is 6.07 Å². The first-order chi connectivity index (χ1) is 12.2. The van der Waals surface area contributed by atoms with Crippen LogP contribution in [-0.2, 0) is 7.05 Å². The number of aryl methyl sites for hydroxylation is 6. The molecule has 0 bridgehead atoms. The van der Waals surface area contributed by atoms with Crippen molar-refractivity contribution in [3.63, 3.8) is 0 Å². The highest BCUT2D eigenvalue weighted by atomic mass is 16.5. The first-order valence-corrected chi connectivity index (χ1v) is 8.69. The van der Waals surface area contributed by atoms with Crippen LogP contribution in [0.1, 0.15) is 49.6 Å². The van der Waals surface area contributed by atoms with Gasteiger partial charge in [0.2, 0.25) is 11.7 Å². The number of hydrogen-bond acceptors (Lipinski definition) is 4. The molecule has 2 heterocycles. The summed E-state index contributed by atoms with van der Waals surface area (Å²) >= 11 is 0. The summed E-state index contributed by atoms with van der Waals surface area (Å²) in [5.41, 5.74) is 8.10. The fourth-order valence-corrected chi connectivity index (χ4v) is 3.73. The molecule has 0 spiro atoms. The average Bonchev–Trinajstić information content (AvgIpc) is 2.88. The van der Waals surface area contributed by atoms with Crippen LogP contribution in [0.25, 0.3) is 10.9 Å². The Hall–Kier alpha value is -2.69. The lowest BCUT2D eigenvalue weighted by atomic mass is 9.91. The quantitative estimate of drug-likeness (QED) is 0.668. The highest BCUT2D eigenvalue weighted by Gasteiger charge is 2.25. The maximum atomic E-state index is 13.4. The number of ether oxygens (including phenoxy) is 1. The molecule has 0 aliphatic carbocycles. The summed E-state index contributed by atoms with van der Waals surface area (Å²) in [5, 5.41) is 5.47. The molecule has 5 nitrogen and oxygen atoms in total. The Morgan fingerprint density at radius 1 is 1.00 bits per heavy atom. The molecule has 136 valence electrons. The zero-order valence-electron chi connectivity index (χ0n) is 16.7. The summed E-state index contributed by atoms with van der Waals surface area (Å²) in [4.78, 5) is 18.2. The number of nitrogens with zero attached hydrogens (tertiary/aromatic N) is 3. The van der Waals surface area contributed by atoms with Gasteiger partial charge in [0, 0.05) is 23.7 Å². The predicted molar refractivity (Wildman–Crippen MR) is 103 cm³/mol. The van der Waals surface area contributed by atoms with Crippen molar-refractivity contribution in [1.29, 1.82) is 0 Å². The summed E-state index contributed by atoms with van der Waals surface area (Å²) in [5.74, 6) is 0.404. The van der Waals surface area contributed by atoms with Gasteiger partial charge in [0.1, 0.15) is 5.56 Å². The Bertz CT molecular complexity index is 1060. The molecule has 0 amide bonds. The van der Waals surface area contributed by atoms with Crippen molar-refractivity contribution in [2.75, 3.05) is 7.11 Å². The zero-order valence-corrected chi connectivity index (χ0v) is 16.7. The Morgan fingerprint density at radius 3 is 2.27 bits per heavy atom. The van der Waals surface area contributed by atoms with E-state index in [1.807, 2.05) is 33.8 Å². The first-order valence-electron chi connectivity index (χ1n) is 8.69. The van der Waals surface area contributed by atoms with Gasteiger partial charge in [0.05, 0.1) is 18.3 Å². The highest BCUT2D eigenvalue weighted by Crippen LogP contribution is 2.32. The van der Waals surface area contributed by atoms with E-state index < -0.39 is 0 Å². The molecule has 0 aliphatic heterocycles. The molecule has 0 radical (unpaired) electrons. The van der Waals surface area contributed by atoms with Gasteiger partial charge in [0.15, 0.2) is 0 Å². The van der Waals surface area contributed by atoms with Gasteiger partial charge in [-0.05, 0) is 69.9 Å². The summed E-state index contributed by atoms with van der Waals surface area (Å²) in [6, 6.07) is 1.97. The van der Waals surface area contributed by atoms with Crippen molar-refractivity contribution in [2.45, 2.75) is 41.5 Å². The summed E-state index contributed by atoms with van der Waals surface area (Å²) in [6.07, 6.45) is 0. The van der Waals surface area contributed by atoms with E-state index in [2.05, 4.69) is 18.9 Å². The second-order valence-electron chi connectivity index (χ2n) is 6.96. The minimum Gasteiger partial charge on any atom is -0.481 e. The molecule has 0 aliphatic rings. The molecule has 0 saturated carbocycles. The molecule has 0 fully saturated rings. The van der Waals surface area contributed by atoms with E-state index in [1.165, 1.54) is 11.1 Å². The number of carbonyl (C=O) groups excluding carboxylic acids is 1. The molecule has 5 heteroatoms. The van der Waals surface area contributed by atoms with E-state index in [0.717, 1.165) is 27.7 Å². The van der Waals surface area contributed by atoms with Crippen LogP contribution in [0.2, 0.25) is 0 Å². The predicted octanol–water partition coefficient (Wildman–Crippen LogP) is 4.06. The number of pyridine rings is 1. The van der Waals surface area contributed by atoms with Gasteiger partial charge < -0.3 is 4.74 Å². The molecule has 0 unspecified atom stereocenters. The van der Waals surface area contributed by atoms with Gasteiger partial charge in [-0.25, -0.2) is 4.68 Å². The molecular weight excluding hydrogens is 326 g/mol. The van der Waals surface area contributed by atoms with Gasteiger partial charge in [-0.1, -0.05) is 0 Å². The fraction of sp³-hybridized carbons (Fsp3) is 0.381. The lowest BCUT2D eigenvalue weighted by molar-refractivity contribution is 0.103. The maximum absolute atomic E-state index is 13.4. The molecule has 3 rings (SSSR count). The molecule has 0 saturated heterocycles. The van der Waals surface area contributed by atoms with Crippen LogP contribution >= 0.6 is 0 Å². The molecule has 1 aromatic carbocycles. The topological polar surface area (TPSA) is 57.0 Å². The minimum absolute atomic E-state index is 0.0763. The van der Waals surface area contributed by atoms with Gasteiger partial charge in [0.25, 0.3) is 0 Å². The van der Waals surface area contributed by atoms with Crippen LogP contribution in [0.4, 0.5) is 0 Å². The van der Waals surface area contributed by atoms with Crippen molar-refractivity contribution in [2.24, 2.45) is 7.05 Å². The second-order valence-corrected chi connectivity index (χ2v) is 6.96. The van der Waals surface area contributed by atoms with E-state index in [0.29, 0.717) is 22.7 Å². The molecule has 26 heavy (non-hydrogen) atoms. The lowest BCUT2D eigenvalue weighted by Crippen LogP contribution is -2.09. The summed E-state index contributed by atoms with van der Waals surface area (Å²) in [6.45, 7) is 12.1. The van der Waals surface area contributed by atoms with Gasteiger partial charge in [-0.15, -0.1) is 0 Å². The van der Waals surface area contributed by atoms with Crippen LogP contribution in [-0.4, -0.2) is 27.7 Å². The SMILES string of the molecule is COc1c(C(=O)c2cc(C)c3c(C)c(C)c(C)nc3c2C)c(C)nn1C. The summed E-state index contributed by atoms with van der Waals surface area (Å²) < 4.78 is 7.01. The van der Waals surface area contributed by atoms with E-state index in [-0.39, 0.29) is 5.78 Å². The average molecular weight is 351 g/mol. The van der Waals surface area contributed by atoms with Crippen molar-refractivity contribution in [3.8, 4) is 5.88 Å². The molecule has 2 aromatic heterocycles. The maximum Gasteiger partial charge on any atom is 0.223 e. The van der Waals surface area contributed by atoms with E-state index >= 15 is 0 Å². The minimum atomic E-state index is -0.0763. The third-order valence-electron chi connectivity index (χ3n) is 5.35. The van der Waals surface area contributed by atoms with Crippen LogP contribution in [0, 0.1) is 41.5 Å². The zero-order chi connectivity index (χ0) is 19.3. The fourth-order valence-electron chi connectivity index (χ4n) is 3.73. The largest absolute Gasteiger partial charge is 0.481 e. The number of methoxy groups -OCH3 is 1. The van der Waals surface area contributed by atoms with Crippen molar-refractivity contribution < 1.29 is 9.53 Å². The number of aromatic nitrogens is 3. The van der Waals surface area contributed by atoms with Gasteiger partial charge >= 0.3 is 0 Å². The Labute approximate surface area is 154 Å². The van der Waals surface area contributed by atoms with E-state index in [9.17, 15) is 4.79 Å². The van der Waals surface area contributed by atoms with Crippen molar-refractivity contribution >= 4 is 16.7 Å². The summed E-state index contributed by atoms with van der Waals surface area (Å²) in [7, 11) is 3.33. The van der Waals surface area contributed by atoms with Gasteiger partial charge in [-0.3, -0.25) is 9.78 Å². The number of benzene rings is 1. The van der Waals surface area contributed by atoms with Crippen molar-refractivity contribution in [1.82, 2.24) is 14.8 Å². The number of ketones is 1. The van der Waals surface area contributed by atoms with Gasteiger partial charge in [-0.2, -0.15) is 5.10 Å². The molecule has 0 atom stereocenters. The Balaban J connectivity index is 2.32. The van der Waals surface area contributed by atoms with E-state index in [4.69, 9.17) is 9.72 Å². The van der Waals surface area contributed by atoms with Crippen LogP contribution in [0.5, 0.6) is 5.88 Å². The first kappa shape index (κ1) is 18.1.